The average Bonchev–Trinajstić information content (AvgIpc) is 2.77. The van der Waals surface area contributed by atoms with Crippen molar-refractivity contribution in [1.82, 2.24) is 0 Å². The number of nitrogens with zero attached hydrogens (tertiary/aromatic N) is 1. The van der Waals surface area contributed by atoms with Gasteiger partial charge in [-0.05, 0) is 25.0 Å². The van der Waals surface area contributed by atoms with E-state index in [0.717, 1.165) is 24.0 Å². The van der Waals surface area contributed by atoms with Crippen LogP contribution in [0.15, 0.2) is 12.1 Å². The zero-order valence-electron chi connectivity index (χ0n) is 6.41. The molecule has 1 heterocycles. The molecule has 0 spiro atoms. The lowest BCUT2D eigenvalue weighted by molar-refractivity contribution is -0.109. The fourth-order valence-electron chi connectivity index (χ4n) is 1.22. The smallest absolute Gasteiger partial charge is 0.131 e. The topological polar surface area (TPSA) is 40.9 Å². The molecule has 1 aliphatic rings. The Morgan fingerprint density at radius 1 is 1.58 bits per heavy atom. The van der Waals surface area contributed by atoms with Crippen LogP contribution in [0.5, 0.6) is 0 Å². The second-order valence-electron chi connectivity index (χ2n) is 3.05. The maximum Gasteiger partial charge on any atom is 0.131 e. The van der Waals surface area contributed by atoms with Crippen molar-refractivity contribution in [3.8, 4) is 6.07 Å². The molecule has 2 rings (SSSR count). The van der Waals surface area contributed by atoms with Crippen LogP contribution in [0.2, 0.25) is 0 Å². The summed E-state index contributed by atoms with van der Waals surface area (Å²) in [6.45, 7) is 0. The van der Waals surface area contributed by atoms with Gasteiger partial charge in [-0.25, -0.2) is 0 Å². The molecule has 0 N–H and O–H groups in total. The normalized spacial score (nSPS) is 18.2. The van der Waals surface area contributed by atoms with Gasteiger partial charge in [0, 0.05) is 4.88 Å². The molecule has 1 saturated carbocycles. The number of rotatable bonds is 2. The first-order chi connectivity index (χ1) is 5.80. The van der Waals surface area contributed by atoms with Gasteiger partial charge in [0.1, 0.15) is 17.2 Å². The van der Waals surface area contributed by atoms with E-state index in [0.29, 0.717) is 4.88 Å². The number of carbonyl (C=O) groups excluding carboxylic acids is 1. The predicted octanol–water partition coefficient (Wildman–Crippen LogP) is 1.85. The standard InChI is InChI=1S/C9H7NOS/c10-5-7-1-2-8(12-7)9(6-11)3-4-9/h1-2,6H,3-4H2. The second kappa shape index (κ2) is 2.43. The maximum absolute atomic E-state index is 10.7. The van der Waals surface area contributed by atoms with Gasteiger partial charge in [-0.15, -0.1) is 11.3 Å². The summed E-state index contributed by atoms with van der Waals surface area (Å²) >= 11 is 1.43. The van der Waals surface area contributed by atoms with Crippen molar-refractivity contribution >= 4 is 17.6 Å². The third-order valence-corrected chi connectivity index (χ3v) is 3.43. The Bertz CT molecular complexity index is 357. The molecule has 1 aromatic rings. The van der Waals surface area contributed by atoms with Crippen molar-refractivity contribution in [2.45, 2.75) is 18.3 Å². The van der Waals surface area contributed by atoms with Gasteiger partial charge in [0.25, 0.3) is 0 Å². The number of carbonyl (C=O) groups is 1. The van der Waals surface area contributed by atoms with E-state index in [1.165, 1.54) is 11.3 Å². The summed E-state index contributed by atoms with van der Waals surface area (Å²) in [5.41, 5.74) is -0.209. The Morgan fingerprint density at radius 3 is 2.75 bits per heavy atom. The molecule has 1 aromatic heterocycles. The number of aldehydes is 1. The third-order valence-electron chi connectivity index (χ3n) is 2.22. The SMILES string of the molecule is N#Cc1ccc(C2(C=O)CC2)s1. The Hall–Kier alpha value is -1.14. The van der Waals surface area contributed by atoms with Crippen molar-refractivity contribution in [3.05, 3.63) is 21.9 Å². The van der Waals surface area contributed by atoms with Gasteiger partial charge in [0.2, 0.25) is 0 Å². The largest absolute Gasteiger partial charge is 0.302 e. The zero-order chi connectivity index (χ0) is 8.60. The number of thiophene rings is 1. The van der Waals surface area contributed by atoms with E-state index >= 15 is 0 Å². The molecule has 0 bridgehead atoms. The molecule has 0 aromatic carbocycles. The second-order valence-corrected chi connectivity index (χ2v) is 4.13. The van der Waals surface area contributed by atoms with Gasteiger partial charge >= 0.3 is 0 Å². The Kier molecular flexibility index (Phi) is 1.52. The van der Waals surface area contributed by atoms with Crippen LogP contribution in [0, 0.1) is 11.3 Å². The monoisotopic (exact) mass is 177 g/mol. The molecule has 0 unspecified atom stereocenters. The first kappa shape index (κ1) is 7.51. The summed E-state index contributed by atoms with van der Waals surface area (Å²) < 4.78 is 0. The van der Waals surface area contributed by atoms with Gasteiger partial charge in [0.15, 0.2) is 0 Å². The molecule has 2 nitrogen and oxygen atoms in total. The predicted molar refractivity (Wildman–Crippen MR) is 46.0 cm³/mol. The van der Waals surface area contributed by atoms with Crippen LogP contribution in [-0.2, 0) is 10.2 Å². The first-order valence-electron chi connectivity index (χ1n) is 3.77. The van der Waals surface area contributed by atoms with Crippen molar-refractivity contribution < 1.29 is 4.79 Å². The van der Waals surface area contributed by atoms with E-state index in [4.69, 9.17) is 5.26 Å². The van der Waals surface area contributed by atoms with Gasteiger partial charge in [0.05, 0.1) is 5.41 Å². The van der Waals surface area contributed by atoms with E-state index in [1.54, 1.807) is 6.07 Å². The highest BCUT2D eigenvalue weighted by Gasteiger charge is 2.45. The molecular weight excluding hydrogens is 170 g/mol. The lowest BCUT2D eigenvalue weighted by Crippen LogP contribution is -2.04. The zero-order valence-corrected chi connectivity index (χ0v) is 7.23. The molecule has 0 saturated heterocycles. The molecule has 0 aliphatic heterocycles. The van der Waals surface area contributed by atoms with E-state index in [9.17, 15) is 4.79 Å². The van der Waals surface area contributed by atoms with Crippen molar-refractivity contribution in [2.75, 3.05) is 0 Å². The summed E-state index contributed by atoms with van der Waals surface area (Å²) in [4.78, 5) is 12.5. The van der Waals surface area contributed by atoms with Gasteiger partial charge in [-0.1, -0.05) is 0 Å². The average molecular weight is 177 g/mol. The van der Waals surface area contributed by atoms with Crippen LogP contribution < -0.4 is 0 Å². The minimum absolute atomic E-state index is 0.209. The van der Waals surface area contributed by atoms with Gasteiger partial charge in [-0.3, -0.25) is 0 Å². The first-order valence-corrected chi connectivity index (χ1v) is 4.59. The highest BCUT2D eigenvalue weighted by atomic mass is 32.1. The van der Waals surface area contributed by atoms with Gasteiger partial charge in [-0.2, -0.15) is 5.26 Å². The van der Waals surface area contributed by atoms with Crippen LogP contribution >= 0.6 is 11.3 Å². The number of hydrogen-bond donors (Lipinski definition) is 0. The maximum atomic E-state index is 10.7. The van der Waals surface area contributed by atoms with E-state index in [-0.39, 0.29) is 5.41 Å². The molecule has 0 atom stereocenters. The van der Waals surface area contributed by atoms with Crippen LogP contribution in [-0.4, -0.2) is 6.29 Å². The Morgan fingerprint density at radius 2 is 2.33 bits per heavy atom. The fraction of sp³-hybridized carbons (Fsp3) is 0.333. The minimum Gasteiger partial charge on any atom is -0.302 e. The number of nitriles is 1. The minimum atomic E-state index is -0.209. The molecule has 1 fully saturated rings. The Balaban J connectivity index is 2.36. The molecule has 0 amide bonds. The van der Waals surface area contributed by atoms with Crippen molar-refractivity contribution in [3.63, 3.8) is 0 Å². The molecule has 12 heavy (non-hydrogen) atoms. The van der Waals surface area contributed by atoms with Gasteiger partial charge < -0.3 is 4.79 Å². The summed E-state index contributed by atoms with van der Waals surface area (Å²) in [5, 5.41) is 8.58. The lowest BCUT2D eigenvalue weighted by atomic mass is 10.1. The van der Waals surface area contributed by atoms with E-state index in [1.807, 2.05) is 6.07 Å². The molecule has 3 heteroatoms. The van der Waals surface area contributed by atoms with E-state index in [2.05, 4.69) is 6.07 Å². The number of hydrogen-bond acceptors (Lipinski definition) is 3. The highest BCUT2D eigenvalue weighted by Crippen LogP contribution is 2.48. The molecule has 1 aliphatic carbocycles. The van der Waals surface area contributed by atoms with Crippen molar-refractivity contribution in [2.24, 2.45) is 0 Å². The van der Waals surface area contributed by atoms with Crippen molar-refractivity contribution in [1.29, 1.82) is 5.26 Å². The van der Waals surface area contributed by atoms with Crippen LogP contribution in [0.1, 0.15) is 22.6 Å². The quantitative estimate of drug-likeness (QED) is 0.647. The third kappa shape index (κ3) is 0.961. The fourth-order valence-corrected chi connectivity index (χ4v) is 2.23. The summed E-state index contributed by atoms with van der Waals surface area (Å²) in [5.74, 6) is 0. The van der Waals surface area contributed by atoms with Crippen LogP contribution in [0.25, 0.3) is 0 Å². The summed E-state index contributed by atoms with van der Waals surface area (Å²) in [6.07, 6.45) is 2.91. The van der Waals surface area contributed by atoms with Crippen LogP contribution in [0.4, 0.5) is 0 Å². The molecule has 60 valence electrons. The molecular formula is C9H7NOS. The molecule has 0 radical (unpaired) electrons. The van der Waals surface area contributed by atoms with Crippen LogP contribution in [0.3, 0.4) is 0 Å². The summed E-state index contributed by atoms with van der Waals surface area (Å²) in [7, 11) is 0. The Labute approximate surface area is 74.4 Å². The summed E-state index contributed by atoms with van der Waals surface area (Å²) in [6, 6.07) is 5.75. The lowest BCUT2D eigenvalue weighted by Gasteiger charge is -1.99. The van der Waals surface area contributed by atoms with E-state index < -0.39 is 0 Å². The highest BCUT2D eigenvalue weighted by molar-refractivity contribution is 7.12.